The van der Waals surface area contributed by atoms with Gasteiger partial charge in [-0.1, -0.05) is 91.0 Å². The molecule has 1 aromatic heterocycles. The largest absolute Gasteiger partial charge is 0.505 e. The molecule has 2 N–H and O–H groups in total. The number of rotatable bonds is 5. The topological polar surface area (TPSA) is 71.5 Å². The van der Waals surface area contributed by atoms with Crippen molar-refractivity contribution >= 4 is 16.8 Å². The summed E-state index contributed by atoms with van der Waals surface area (Å²) in [6.07, 6.45) is 6.68. The standard InChI is InChI=1S/C29H24N2O3/c32-28-25(22-16-9-10-17-23(22)30-27(28)21-14-6-2-7-15-21)29(33)31-26(20-12-4-1-5-13-20)24-18-8-3-11-19-34-24/h1-7,9-18,26,32H,8,19H2,(H,31,33). The van der Waals surface area contributed by atoms with Crippen LogP contribution in [0.4, 0.5) is 0 Å². The van der Waals surface area contributed by atoms with Crippen LogP contribution in [0.15, 0.2) is 109 Å². The number of hydrogen-bond donors (Lipinski definition) is 2. The van der Waals surface area contributed by atoms with E-state index in [0.717, 1.165) is 17.5 Å². The van der Waals surface area contributed by atoms with Gasteiger partial charge in [-0.15, -0.1) is 0 Å². The molecule has 1 unspecified atom stereocenters. The Hall–Kier alpha value is -4.38. The molecule has 0 saturated carbocycles. The zero-order chi connectivity index (χ0) is 23.3. The monoisotopic (exact) mass is 448 g/mol. The smallest absolute Gasteiger partial charge is 0.256 e. The van der Waals surface area contributed by atoms with Crippen LogP contribution in [0.1, 0.15) is 28.4 Å². The minimum Gasteiger partial charge on any atom is -0.505 e. The quantitative estimate of drug-likeness (QED) is 0.371. The molecule has 3 aromatic carbocycles. The lowest BCUT2D eigenvalue weighted by molar-refractivity contribution is 0.0924. The molecule has 0 fully saturated rings. The fourth-order valence-electron chi connectivity index (χ4n) is 4.15. The minimum atomic E-state index is -0.500. The SMILES string of the molecule is O=C(NC(C1=CCC=CCO1)c1ccccc1)c1c(O)c(-c2ccccc2)nc2ccccc12. The first-order valence-corrected chi connectivity index (χ1v) is 11.2. The molecular weight excluding hydrogens is 424 g/mol. The molecule has 5 nitrogen and oxygen atoms in total. The Labute approximate surface area is 198 Å². The third-order valence-corrected chi connectivity index (χ3v) is 5.80. The van der Waals surface area contributed by atoms with Crippen molar-refractivity contribution in [3.8, 4) is 17.0 Å². The van der Waals surface area contributed by atoms with Gasteiger partial charge in [0.05, 0.1) is 11.1 Å². The van der Waals surface area contributed by atoms with E-state index in [1.54, 1.807) is 6.07 Å². The number of nitrogens with zero attached hydrogens (tertiary/aromatic N) is 1. The van der Waals surface area contributed by atoms with E-state index in [9.17, 15) is 9.90 Å². The molecule has 1 amide bonds. The number of para-hydroxylation sites is 1. The fourth-order valence-corrected chi connectivity index (χ4v) is 4.15. The lowest BCUT2D eigenvalue weighted by Gasteiger charge is -2.23. The number of carbonyl (C=O) groups is 1. The molecule has 168 valence electrons. The van der Waals surface area contributed by atoms with E-state index in [1.807, 2.05) is 97.1 Å². The van der Waals surface area contributed by atoms with Gasteiger partial charge in [0.2, 0.25) is 0 Å². The third-order valence-electron chi connectivity index (χ3n) is 5.80. The van der Waals surface area contributed by atoms with E-state index < -0.39 is 11.9 Å². The van der Waals surface area contributed by atoms with Gasteiger partial charge in [0.15, 0.2) is 5.75 Å². The van der Waals surface area contributed by atoms with Gasteiger partial charge < -0.3 is 15.2 Å². The molecular formula is C29H24N2O3. The summed E-state index contributed by atoms with van der Waals surface area (Å²) in [6, 6.07) is 25.9. The zero-order valence-corrected chi connectivity index (χ0v) is 18.5. The van der Waals surface area contributed by atoms with Crippen LogP contribution in [0.25, 0.3) is 22.2 Å². The number of pyridine rings is 1. The zero-order valence-electron chi connectivity index (χ0n) is 18.5. The minimum absolute atomic E-state index is 0.147. The average molecular weight is 449 g/mol. The number of benzene rings is 3. The maximum absolute atomic E-state index is 13.8. The molecule has 0 radical (unpaired) electrons. The number of carbonyl (C=O) groups excluding carboxylic acids is 1. The van der Waals surface area contributed by atoms with Crippen molar-refractivity contribution in [1.29, 1.82) is 0 Å². The van der Waals surface area contributed by atoms with Crippen molar-refractivity contribution in [2.24, 2.45) is 0 Å². The van der Waals surface area contributed by atoms with E-state index in [-0.39, 0.29) is 11.3 Å². The number of aromatic hydroxyl groups is 1. The Kier molecular flexibility index (Phi) is 6.08. The van der Waals surface area contributed by atoms with E-state index in [2.05, 4.69) is 10.3 Å². The first-order chi connectivity index (χ1) is 16.7. The second kappa shape index (κ2) is 9.63. The molecule has 2 heterocycles. The Morgan fingerprint density at radius 2 is 1.62 bits per heavy atom. The number of hydrogen-bond acceptors (Lipinski definition) is 4. The second-order valence-electron chi connectivity index (χ2n) is 8.01. The van der Waals surface area contributed by atoms with E-state index >= 15 is 0 Å². The van der Waals surface area contributed by atoms with Crippen LogP contribution < -0.4 is 5.32 Å². The van der Waals surface area contributed by atoms with Crippen LogP contribution in [-0.4, -0.2) is 22.6 Å². The predicted octanol–water partition coefficient (Wildman–Crippen LogP) is 5.94. The summed E-state index contributed by atoms with van der Waals surface area (Å²) < 4.78 is 5.95. The molecule has 5 heteroatoms. The number of ether oxygens (including phenoxy) is 1. The number of amides is 1. The molecule has 0 spiro atoms. The van der Waals surface area contributed by atoms with Crippen molar-refractivity contribution < 1.29 is 14.6 Å². The Bertz CT molecular complexity index is 1380. The van der Waals surface area contributed by atoms with Gasteiger partial charge >= 0.3 is 0 Å². The summed E-state index contributed by atoms with van der Waals surface area (Å²) in [7, 11) is 0. The first-order valence-electron chi connectivity index (χ1n) is 11.2. The molecule has 0 saturated heterocycles. The number of nitrogens with one attached hydrogen (secondary N) is 1. The Morgan fingerprint density at radius 3 is 2.41 bits per heavy atom. The summed E-state index contributed by atoms with van der Waals surface area (Å²) in [5.41, 5.74) is 2.83. The van der Waals surface area contributed by atoms with Gasteiger partial charge in [-0.2, -0.15) is 0 Å². The summed E-state index contributed by atoms with van der Waals surface area (Å²) in [4.78, 5) is 18.4. The number of aromatic nitrogens is 1. The summed E-state index contributed by atoms with van der Waals surface area (Å²) >= 11 is 0. The van der Waals surface area contributed by atoms with E-state index in [1.165, 1.54) is 0 Å². The lowest BCUT2D eigenvalue weighted by Crippen LogP contribution is -2.31. The van der Waals surface area contributed by atoms with Crippen LogP contribution in [0.2, 0.25) is 0 Å². The highest BCUT2D eigenvalue weighted by Crippen LogP contribution is 2.36. The summed E-state index contributed by atoms with van der Waals surface area (Å²) in [5, 5.41) is 15.0. The van der Waals surface area contributed by atoms with Crippen molar-refractivity contribution in [2.75, 3.05) is 6.61 Å². The molecule has 1 aliphatic rings. The van der Waals surface area contributed by atoms with Gasteiger partial charge in [0.1, 0.15) is 24.1 Å². The maximum Gasteiger partial charge on any atom is 0.256 e. The lowest BCUT2D eigenvalue weighted by atomic mass is 10.00. The summed E-state index contributed by atoms with van der Waals surface area (Å²) in [6.45, 7) is 0.437. The van der Waals surface area contributed by atoms with Crippen molar-refractivity contribution in [2.45, 2.75) is 12.5 Å². The third kappa shape index (κ3) is 4.28. The molecule has 0 aliphatic carbocycles. The van der Waals surface area contributed by atoms with Gasteiger partial charge in [-0.25, -0.2) is 4.98 Å². The molecule has 4 aromatic rings. The first kappa shape index (κ1) is 21.5. The molecule has 34 heavy (non-hydrogen) atoms. The fraction of sp³-hybridized carbons (Fsp3) is 0.103. The molecule has 1 atom stereocenters. The van der Waals surface area contributed by atoms with Crippen molar-refractivity contribution in [1.82, 2.24) is 10.3 Å². The van der Waals surface area contributed by atoms with Crippen molar-refractivity contribution in [3.63, 3.8) is 0 Å². The highest BCUT2D eigenvalue weighted by Gasteiger charge is 2.26. The highest BCUT2D eigenvalue weighted by atomic mass is 16.5. The highest BCUT2D eigenvalue weighted by molar-refractivity contribution is 6.10. The van der Waals surface area contributed by atoms with Crippen LogP contribution in [0.5, 0.6) is 5.75 Å². The van der Waals surface area contributed by atoms with Gasteiger partial charge in [-0.3, -0.25) is 4.79 Å². The van der Waals surface area contributed by atoms with Crippen LogP contribution in [-0.2, 0) is 4.74 Å². The van der Waals surface area contributed by atoms with Gasteiger partial charge in [0.25, 0.3) is 5.91 Å². The molecule has 1 aliphatic heterocycles. The van der Waals surface area contributed by atoms with Crippen LogP contribution in [0, 0.1) is 0 Å². The molecule has 0 bridgehead atoms. The normalized spacial score (nSPS) is 14.1. The van der Waals surface area contributed by atoms with E-state index in [4.69, 9.17) is 4.74 Å². The molecule has 5 rings (SSSR count). The summed E-state index contributed by atoms with van der Waals surface area (Å²) in [5.74, 6) is 0.126. The van der Waals surface area contributed by atoms with Crippen LogP contribution in [0.3, 0.4) is 0 Å². The second-order valence-corrected chi connectivity index (χ2v) is 8.01. The van der Waals surface area contributed by atoms with Gasteiger partial charge in [-0.05, 0) is 24.1 Å². The van der Waals surface area contributed by atoms with Gasteiger partial charge in [0, 0.05) is 10.9 Å². The average Bonchev–Trinajstić information content (AvgIpc) is 3.17. The Balaban J connectivity index is 1.60. The number of fused-ring (bicyclic) bond motifs is 1. The van der Waals surface area contributed by atoms with E-state index in [0.29, 0.717) is 29.0 Å². The predicted molar refractivity (Wildman–Crippen MR) is 133 cm³/mol. The van der Waals surface area contributed by atoms with Crippen molar-refractivity contribution in [3.05, 3.63) is 120 Å². The maximum atomic E-state index is 13.8. The van der Waals surface area contributed by atoms with Crippen LogP contribution >= 0.6 is 0 Å². The Morgan fingerprint density at radius 1 is 0.912 bits per heavy atom. The number of allylic oxidation sites excluding steroid dienone is 2.